The molecular weight excluding hydrogens is 571 g/mol. The van der Waals surface area contributed by atoms with Crippen LogP contribution in [0.4, 0.5) is 0 Å². The molecule has 0 aliphatic rings. The highest BCUT2D eigenvalue weighted by atomic mass is 16.1. The van der Waals surface area contributed by atoms with E-state index < -0.39 is 0 Å². The predicted octanol–water partition coefficient (Wildman–Crippen LogP) is 16.3. The van der Waals surface area contributed by atoms with Gasteiger partial charge < -0.3 is 5.73 Å². The Kier molecular flexibility index (Phi) is 43.0. The first-order valence-corrected chi connectivity index (χ1v) is 22.6. The van der Waals surface area contributed by atoms with Gasteiger partial charge in [-0.1, -0.05) is 270 Å². The molecule has 0 aliphatic heterocycles. The van der Waals surface area contributed by atoms with Crippen molar-refractivity contribution in [1.29, 1.82) is 0 Å². The Morgan fingerprint density at radius 3 is 0.511 bits per heavy atom. The average Bonchev–Trinajstić information content (AvgIpc) is 3.07. The predicted molar refractivity (Wildman–Crippen MR) is 213 cm³/mol. The SMILES string of the molecule is CCCCCCCCCCCCCCCCCCCCCCCCCCCCCCCCCCCCCCCCCCCCC(N)=O. The summed E-state index contributed by atoms with van der Waals surface area (Å²) in [5.74, 6) is -0.146. The molecule has 0 aromatic heterocycles. The summed E-state index contributed by atoms with van der Waals surface area (Å²) in [5, 5.41) is 0. The summed E-state index contributed by atoms with van der Waals surface area (Å²) in [7, 11) is 0. The Morgan fingerprint density at radius 1 is 0.255 bits per heavy atom. The van der Waals surface area contributed by atoms with Gasteiger partial charge in [0.15, 0.2) is 0 Å². The molecule has 2 nitrogen and oxygen atoms in total. The van der Waals surface area contributed by atoms with Crippen molar-refractivity contribution in [2.24, 2.45) is 5.73 Å². The van der Waals surface area contributed by atoms with E-state index in [4.69, 9.17) is 5.73 Å². The van der Waals surface area contributed by atoms with Gasteiger partial charge in [0.2, 0.25) is 5.91 Å². The van der Waals surface area contributed by atoms with E-state index >= 15 is 0 Å². The minimum Gasteiger partial charge on any atom is -0.370 e. The van der Waals surface area contributed by atoms with Crippen molar-refractivity contribution in [1.82, 2.24) is 0 Å². The van der Waals surface area contributed by atoms with Crippen LogP contribution in [-0.2, 0) is 4.79 Å². The number of unbranched alkanes of at least 4 members (excludes halogenated alkanes) is 41. The summed E-state index contributed by atoms with van der Waals surface area (Å²) >= 11 is 0. The van der Waals surface area contributed by atoms with E-state index in [1.807, 2.05) is 0 Å². The molecule has 2 heteroatoms. The molecule has 1 amide bonds. The molecule has 0 aromatic carbocycles. The molecule has 47 heavy (non-hydrogen) atoms. The highest BCUT2D eigenvalue weighted by Gasteiger charge is 1.99. The number of rotatable bonds is 43. The van der Waals surface area contributed by atoms with Crippen LogP contribution in [0.5, 0.6) is 0 Å². The van der Waals surface area contributed by atoms with E-state index in [1.165, 1.54) is 263 Å². The minimum absolute atomic E-state index is 0.146. The molecule has 0 heterocycles. The standard InChI is InChI=1S/C45H91NO/c1-2-3-4-5-6-7-8-9-10-11-12-13-14-15-16-17-18-19-20-21-22-23-24-25-26-27-28-29-30-31-32-33-34-35-36-37-38-39-40-41-42-43-44-45(46)47/h2-44H2,1H3,(H2,46,47). The maximum atomic E-state index is 10.7. The van der Waals surface area contributed by atoms with Crippen molar-refractivity contribution in [2.75, 3.05) is 0 Å². The Morgan fingerprint density at radius 2 is 0.383 bits per heavy atom. The molecule has 0 rings (SSSR count). The fourth-order valence-corrected chi connectivity index (χ4v) is 7.44. The topological polar surface area (TPSA) is 43.1 Å². The van der Waals surface area contributed by atoms with Crippen LogP contribution in [-0.4, -0.2) is 5.91 Å². The maximum Gasteiger partial charge on any atom is 0.217 e. The number of hydrogen-bond donors (Lipinski definition) is 1. The maximum absolute atomic E-state index is 10.7. The first kappa shape index (κ1) is 46.5. The number of carbonyl (C=O) groups is 1. The van der Waals surface area contributed by atoms with Crippen molar-refractivity contribution < 1.29 is 4.79 Å². The fraction of sp³-hybridized carbons (Fsp3) is 0.978. The minimum atomic E-state index is -0.146. The number of carbonyl (C=O) groups excluding carboxylic acids is 1. The van der Waals surface area contributed by atoms with Gasteiger partial charge in [0.25, 0.3) is 0 Å². The van der Waals surface area contributed by atoms with Crippen molar-refractivity contribution in [3.05, 3.63) is 0 Å². The van der Waals surface area contributed by atoms with Gasteiger partial charge >= 0.3 is 0 Å². The Balaban J connectivity index is 3.04. The lowest BCUT2D eigenvalue weighted by Crippen LogP contribution is -2.09. The molecule has 0 saturated carbocycles. The zero-order valence-electron chi connectivity index (χ0n) is 32.9. The zero-order valence-corrected chi connectivity index (χ0v) is 32.9. The highest BCUT2D eigenvalue weighted by Crippen LogP contribution is 2.18. The van der Waals surface area contributed by atoms with E-state index in [9.17, 15) is 4.79 Å². The molecule has 2 N–H and O–H groups in total. The lowest BCUT2D eigenvalue weighted by atomic mass is 10.0. The van der Waals surface area contributed by atoms with E-state index in [-0.39, 0.29) is 5.91 Å². The van der Waals surface area contributed by atoms with Crippen LogP contribution in [0.25, 0.3) is 0 Å². The highest BCUT2D eigenvalue weighted by molar-refractivity contribution is 5.73. The van der Waals surface area contributed by atoms with E-state index in [0.717, 1.165) is 6.42 Å². The summed E-state index contributed by atoms with van der Waals surface area (Å²) in [6.45, 7) is 2.31. The van der Waals surface area contributed by atoms with Gasteiger partial charge in [-0.05, 0) is 6.42 Å². The zero-order chi connectivity index (χ0) is 34.0. The smallest absolute Gasteiger partial charge is 0.217 e. The lowest BCUT2D eigenvalue weighted by molar-refractivity contribution is -0.118. The molecule has 0 atom stereocenters. The quantitative estimate of drug-likeness (QED) is 0.0649. The second kappa shape index (κ2) is 43.5. The molecule has 0 radical (unpaired) electrons. The Labute approximate surface area is 298 Å². The second-order valence-electron chi connectivity index (χ2n) is 15.7. The summed E-state index contributed by atoms with van der Waals surface area (Å²) in [6, 6.07) is 0. The number of primary amides is 1. The third-order valence-corrected chi connectivity index (χ3v) is 10.8. The third kappa shape index (κ3) is 45.5. The van der Waals surface area contributed by atoms with Crippen LogP contribution in [0.1, 0.15) is 283 Å². The molecule has 282 valence electrons. The number of nitrogens with two attached hydrogens (primary N) is 1. The Hall–Kier alpha value is -0.530. The Bertz CT molecular complexity index is 560. The molecule has 0 aliphatic carbocycles. The molecule has 0 saturated heterocycles. The number of amides is 1. The summed E-state index contributed by atoms with van der Waals surface area (Å²) < 4.78 is 0. The van der Waals surface area contributed by atoms with Gasteiger partial charge in [-0.25, -0.2) is 0 Å². The van der Waals surface area contributed by atoms with E-state index in [1.54, 1.807) is 0 Å². The van der Waals surface area contributed by atoms with Crippen LogP contribution in [0.2, 0.25) is 0 Å². The van der Waals surface area contributed by atoms with Crippen LogP contribution in [0, 0.1) is 0 Å². The summed E-state index contributed by atoms with van der Waals surface area (Å²) in [5.41, 5.74) is 5.18. The first-order valence-electron chi connectivity index (χ1n) is 22.6. The van der Waals surface area contributed by atoms with Gasteiger partial charge in [0, 0.05) is 6.42 Å². The van der Waals surface area contributed by atoms with Gasteiger partial charge in [-0.15, -0.1) is 0 Å². The fourth-order valence-electron chi connectivity index (χ4n) is 7.44. The molecule has 0 fully saturated rings. The van der Waals surface area contributed by atoms with Gasteiger partial charge in [0.1, 0.15) is 0 Å². The molecule has 0 bridgehead atoms. The van der Waals surface area contributed by atoms with Gasteiger partial charge in [-0.3, -0.25) is 4.79 Å². The molecule has 0 spiro atoms. The lowest BCUT2D eigenvalue weighted by Gasteiger charge is -2.05. The van der Waals surface area contributed by atoms with E-state index in [2.05, 4.69) is 6.92 Å². The summed E-state index contributed by atoms with van der Waals surface area (Å²) in [4.78, 5) is 10.7. The second-order valence-corrected chi connectivity index (χ2v) is 15.7. The van der Waals surface area contributed by atoms with Crippen molar-refractivity contribution in [2.45, 2.75) is 283 Å². The van der Waals surface area contributed by atoms with Gasteiger partial charge in [0.05, 0.1) is 0 Å². The summed E-state index contributed by atoms with van der Waals surface area (Å²) in [6.07, 6.45) is 61.1. The largest absolute Gasteiger partial charge is 0.370 e. The van der Waals surface area contributed by atoms with E-state index in [0.29, 0.717) is 6.42 Å². The van der Waals surface area contributed by atoms with Crippen LogP contribution >= 0.6 is 0 Å². The van der Waals surface area contributed by atoms with Crippen molar-refractivity contribution in [3.63, 3.8) is 0 Å². The van der Waals surface area contributed by atoms with Crippen LogP contribution < -0.4 is 5.73 Å². The average molecular weight is 662 g/mol. The first-order chi connectivity index (χ1) is 23.3. The van der Waals surface area contributed by atoms with Crippen molar-refractivity contribution >= 4 is 5.91 Å². The normalized spacial score (nSPS) is 11.5. The third-order valence-electron chi connectivity index (χ3n) is 10.8. The number of hydrogen-bond acceptors (Lipinski definition) is 1. The molecule has 0 unspecified atom stereocenters. The molecular formula is C45H91NO. The molecule has 0 aromatic rings. The van der Waals surface area contributed by atoms with Crippen LogP contribution in [0.3, 0.4) is 0 Å². The van der Waals surface area contributed by atoms with Crippen LogP contribution in [0.15, 0.2) is 0 Å². The van der Waals surface area contributed by atoms with Gasteiger partial charge in [-0.2, -0.15) is 0 Å². The monoisotopic (exact) mass is 662 g/mol. The van der Waals surface area contributed by atoms with Crippen molar-refractivity contribution in [3.8, 4) is 0 Å².